The first-order valence-corrected chi connectivity index (χ1v) is 10.9. The number of benzene rings is 2. The molecule has 160 valence electrons. The molecule has 0 bridgehead atoms. The average Bonchev–Trinajstić information content (AvgIpc) is 3.15. The van der Waals surface area contributed by atoms with Crippen molar-refractivity contribution in [1.82, 2.24) is 25.0 Å². The van der Waals surface area contributed by atoms with Crippen LogP contribution in [0, 0.1) is 5.82 Å². The van der Waals surface area contributed by atoms with Crippen molar-refractivity contribution in [1.29, 1.82) is 0 Å². The molecule has 2 aromatic carbocycles. The van der Waals surface area contributed by atoms with E-state index in [1.54, 1.807) is 17.7 Å². The Kier molecular flexibility index (Phi) is 6.31. The topological polar surface area (TPSA) is 80.1 Å². The molecule has 0 saturated carbocycles. The molecule has 1 aromatic heterocycles. The molecular weight excluding hydrogens is 417 g/mol. The maximum Gasteiger partial charge on any atom is 0.254 e. The van der Waals surface area contributed by atoms with Gasteiger partial charge in [-0.2, -0.15) is 0 Å². The zero-order chi connectivity index (χ0) is 21.8. The van der Waals surface area contributed by atoms with Gasteiger partial charge in [-0.3, -0.25) is 9.59 Å². The molecule has 4 rings (SSSR count). The number of rotatable bonds is 6. The molecule has 0 unspecified atom stereocenters. The van der Waals surface area contributed by atoms with E-state index < -0.39 is 11.7 Å². The molecule has 0 radical (unpaired) electrons. The van der Waals surface area contributed by atoms with Crippen molar-refractivity contribution in [2.75, 3.05) is 12.3 Å². The second-order valence-corrected chi connectivity index (χ2v) is 8.19. The van der Waals surface area contributed by atoms with Crippen molar-refractivity contribution < 1.29 is 14.0 Å². The van der Waals surface area contributed by atoms with E-state index in [1.165, 1.54) is 41.1 Å². The van der Waals surface area contributed by atoms with Crippen LogP contribution < -0.4 is 5.32 Å². The molecule has 0 aliphatic carbocycles. The normalized spacial score (nSPS) is 13.0. The van der Waals surface area contributed by atoms with Gasteiger partial charge in [-0.1, -0.05) is 48.2 Å². The highest BCUT2D eigenvalue weighted by atomic mass is 32.2. The van der Waals surface area contributed by atoms with Crippen LogP contribution in [0.15, 0.2) is 53.7 Å². The minimum atomic E-state index is -0.576. The lowest BCUT2D eigenvalue weighted by Gasteiger charge is -2.28. The van der Waals surface area contributed by atoms with Crippen LogP contribution in [0.4, 0.5) is 4.39 Å². The fourth-order valence-corrected chi connectivity index (χ4v) is 4.28. The first-order valence-electron chi connectivity index (χ1n) is 9.91. The van der Waals surface area contributed by atoms with E-state index >= 15 is 0 Å². The second-order valence-electron chi connectivity index (χ2n) is 7.24. The number of aromatic nitrogens is 3. The van der Waals surface area contributed by atoms with Gasteiger partial charge in [-0.05, 0) is 29.7 Å². The van der Waals surface area contributed by atoms with Gasteiger partial charge < -0.3 is 14.8 Å². The summed E-state index contributed by atoms with van der Waals surface area (Å²) < 4.78 is 15.5. The third-order valence-electron chi connectivity index (χ3n) is 5.26. The summed E-state index contributed by atoms with van der Waals surface area (Å²) in [6, 6.07) is 14.0. The molecule has 9 heteroatoms. The minimum absolute atomic E-state index is 0.0204. The van der Waals surface area contributed by atoms with Gasteiger partial charge in [0.15, 0.2) is 11.0 Å². The Labute approximate surface area is 183 Å². The molecule has 1 aliphatic heterocycles. The summed E-state index contributed by atoms with van der Waals surface area (Å²) in [5.74, 6) is -0.261. The Morgan fingerprint density at radius 1 is 1.10 bits per heavy atom. The molecule has 0 saturated heterocycles. The first kappa shape index (κ1) is 21.0. The molecule has 0 atom stereocenters. The van der Waals surface area contributed by atoms with E-state index in [2.05, 4.69) is 27.6 Å². The zero-order valence-electron chi connectivity index (χ0n) is 17.0. The van der Waals surface area contributed by atoms with Crippen molar-refractivity contribution >= 4 is 23.6 Å². The number of hydrogen-bond donors (Lipinski definition) is 1. The highest BCUT2D eigenvalue weighted by Gasteiger charge is 2.21. The summed E-state index contributed by atoms with van der Waals surface area (Å²) in [6.45, 7) is 1.44. The molecule has 2 heterocycles. The number of nitrogens with zero attached hydrogens (tertiary/aromatic N) is 4. The van der Waals surface area contributed by atoms with Gasteiger partial charge in [-0.15, -0.1) is 10.2 Å². The molecule has 7 nitrogen and oxygen atoms in total. The summed E-state index contributed by atoms with van der Waals surface area (Å²) in [5, 5.41) is 11.4. The zero-order valence-corrected chi connectivity index (χ0v) is 17.9. The highest BCUT2D eigenvalue weighted by Crippen LogP contribution is 2.21. The Balaban J connectivity index is 1.31. The maximum atomic E-state index is 13.7. The van der Waals surface area contributed by atoms with Crippen LogP contribution in [0.2, 0.25) is 0 Å². The third-order valence-corrected chi connectivity index (χ3v) is 6.26. The van der Waals surface area contributed by atoms with Crippen LogP contribution in [-0.2, 0) is 31.4 Å². The Hall–Kier alpha value is -3.20. The van der Waals surface area contributed by atoms with Gasteiger partial charge in [0.25, 0.3) is 5.91 Å². The van der Waals surface area contributed by atoms with Gasteiger partial charge in [-0.25, -0.2) is 4.39 Å². The Morgan fingerprint density at radius 2 is 1.84 bits per heavy atom. The lowest BCUT2D eigenvalue weighted by atomic mass is 10.00. The molecule has 2 amide bonds. The lowest BCUT2D eigenvalue weighted by molar-refractivity contribution is -0.129. The summed E-state index contributed by atoms with van der Waals surface area (Å²) in [5.41, 5.74) is 2.47. The standard InChI is InChI=1S/C22H22FN5O2S/c1-27-19(12-24-21(30)17-8-4-5-9-18(17)23)25-26-22(27)31-14-20(29)28-11-10-15-6-2-3-7-16(15)13-28/h2-9H,10-14H2,1H3,(H,24,30). The number of carbonyl (C=O) groups excluding carboxylic acids is 2. The molecule has 0 fully saturated rings. The number of thioether (sulfide) groups is 1. The number of amides is 2. The average molecular weight is 440 g/mol. The fourth-order valence-electron chi connectivity index (χ4n) is 3.45. The van der Waals surface area contributed by atoms with Gasteiger partial charge in [0.1, 0.15) is 5.82 Å². The first-order chi connectivity index (χ1) is 15.0. The van der Waals surface area contributed by atoms with Crippen LogP contribution in [0.3, 0.4) is 0 Å². The monoisotopic (exact) mass is 439 g/mol. The molecule has 1 aliphatic rings. The van der Waals surface area contributed by atoms with Crippen LogP contribution >= 0.6 is 11.8 Å². The number of nitrogens with one attached hydrogen (secondary N) is 1. The van der Waals surface area contributed by atoms with Gasteiger partial charge in [0.2, 0.25) is 5.91 Å². The van der Waals surface area contributed by atoms with Crippen LogP contribution in [0.5, 0.6) is 0 Å². The molecule has 31 heavy (non-hydrogen) atoms. The van der Waals surface area contributed by atoms with E-state index in [9.17, 15) is 14.0 Å². The van der Waals surface area contributed by atoms with Crippen LogP contribution in [-0.4, -0.2) is 43.8 Å². The number of hydrogen-bond acceptors (Lipinski definition) is 5. The SMILES string of the molecule is Cn1c(CNC(=O)c2ccccc2F)nnc1SCC(=O)N1CCc2ccccc2C1. The molecule has 3 aromatic rings. The van der Waals surface area contributed by atoms with Gasteiger partial charge in [0, 0.05) is 20.1 Å². The summed E-state index contributed by atoms with van der Waals surface area (Å²) in [4.78, 5) is 26.7. The van der Waals surface area contributed by atoms with E-state index in [4.69, 9.17) is 0 Å². The maximum absolute atomic E-state index is 13.7. The van der Waals surface area contributed by atoms with Crippen molar-refractivity contribution in [2.24, 2.45) is 7.05 Å². The second kappa shape index (κ2) is 9.30. The van der Waals surface area contributed by atoms with E-state index in [0.29, 0.717) is 24.1 Å². The third kappa shape index (κ3) is 4.77. The van der Waals surface area contributed by atoms with Crippen molar-refractivity contribution in [3.63, 3.8) is 0 Å². The van der Waals surface area contributed by atoms with E-state index in [0.717, 1.165) is 6.42 Å². The van der Waals surface area contributed by atoms with Crippen molar-refractivity contribution in [2.45, 2.75) is 24.7 Å². The quantitative estimate of drug-likeness (QED) is 0.597. The fraction of sp³-hybridized carbons (Fsp3) is 0.273. The van der Waals surface area contributed by atoms with Crippen molar-refractivity contribution in [3.8, 4) is 0 Å². The summed E-state index contributed by atoms with van der Waals surface area (Å²) >= 11 is 1.31. The smallest absolute Gasteiger partial charge is 0.254 e. The molecular formula is C22H22FN5O2S. The Morgan fingerprint density at radius 3 is 2.65 bits per heavy atom. The summed E-state index contributed by atoms with van der Waals surface area (Å²) in [6.07, 6.45) is 0.863. The largest absolute Gasteiger partial charge is 0.345 e. The van der Waals surface area contributed by atoms with E-state index in [-0.39, 0.29) is 23.8 Å². The Bertz CT molecular complexity index is 1120. The minimum Gasteiger partial charge on any atom is -0.345 e. The lowest BCUT2D eigenvalue weighted by Crippen LogP contribution is -2.37. The number of carbonyl (C=O) groups is 2. The van der Waals surface area contributed by atoms with Gasteiger partial charge >= 0.3 is 0 Å². The molecule has 0 spiro atoms. The number of halogens is 1. The predicted molar refractivity (Wildman–Crippen MR) is 115 cm³/mol. The predicted octanol–water partition coefficient (Wildman–Crippen LogP) is 2.56. The number of fused-ring (bicyclic) bond motifs is 1. The van der Waals surface area contributed by atoms with E-state index in [1.807, 2.05) is 17.0 Å². The molecule has 1 N–H and O–H groups in total. The van der Waals surface area contributed by atoms with Crippen LogP contribution in [0.25, 0.3) is 0 Å². The summed E-state index contributed by atoms with van der Waals surface area (Å²) in [7, 11) is 1.77. The highest BCUT2D eigenvalue weighted by molar-refractivity contribution is 7.99. The van der Waals surface area contributed by atoms with Crippen LogP contribution in [0.1, 0.15) is 27.3 Å². The van der Waals surface area contributed by atoms with Gasteiger partial charge in [0.05, 0.1) is 17.9 Å². The van der Waals surface area contributed by atoms with Crippen molar-refractivity contribution in [3.05, 3.63) is 76.9 Å².